The highest BCUT2D eigenvalue weighted by Gasteiger charge is 2.13. The predicted octanol–water partition coefficient (Wildman–Crippen LogP) is 1.62. The Balaban J connectivity index is 1.84. The molecule has 23 heavy (non-hydrogen) atoms. The highest BCUT2D eigenvalue weighted by Crippen LogP contribution is 2.14. The van der Waals surface area contributed by atoms with Crippen LogP contribution in [0.3, 0.4) is 0 Å². The van der Waals surface area contributed by atoms with E-state index in [1.807, 2.05) is 13.8 Å². The highest BCUT2D eigenvalue weighted by molar-refractivity contribution is 5.97. The molecule has 0 saturated carbocycles. The van der Waals surface area contributed by atoms with E-state index in [1.54, 1.807) is 30.6 Å². The fourth-order valence-corrected chi connectivity index (χ4v) is 1.84. The van der Waals surface area contributed by atoms with Gasteiger partial charge in [0.2, 0.25) is 17.5 Å². The number of nitrogens with zero attached hydrogens (tertiary/aromatic N) is 7. The van der Waals surface area contributed by atoms with E-state index in [1.165, 1.54) is 6.20 Å². The number of Topliss-reactive ketones (excluding diaryl/α,β-unsaturated/α-hetero) is 1. The summed E-state index contributed by atoms with van der Waals surface area (Å²) in [5.41, 5.74) is 1.05. The maximum atomic E-state index is 11.9. The number of aromatic nitrogens is 7. The summed E-state index contributed by atoms with van der Waals surface area (Å²) in [4.78, 5) is 24.1. The van der Waals surface area contributed by atoms with Crippen LogP contribution >= 0.6 is 0 Å². The quantitative estimate of drug-likeness (QED) is 0.669. The molecule has 0 atom stereocenters. The maximum absolute atomic E-state index is 11.9. The van der Waals surface area contributed by atoms with Crippen molar-refractivity contribution in [3.05, 3.63) is 42.4 Å². The normalized spacial score (nSPS) is 10.7. The van der Waals surface area contributed by atoms with Crippen LogP contribution in [0, 0.1) is 5.92 Å². The molecule has 3 aromatic heterocycles. The molecule has 3 heterocycles. The molecular weight excluding hydrogens is 294 g/mol. The van der Waals surface area contributed by atoms with Crippen molar-refractivity contribution in [2.24, 2.45) is 5.92 Å². The van der Waals surface area contributed by atoms with E-state index >= 15 is 0 Å². The molecule has 0 bridgehead atoms. The van der Waals surface area contributed by atoms with Crippen molar-refractivity contribution in [2.75, 3.05) is 0 Å². The molecule has 0 aliphatic heterocycles. The second kappa shape index (κ2) is 6.30. The van der Waals surface area contributed by atoms with Crippen molar-refractivity contribution in [2.45, 2.75) is 13.8 Å². The van der Waals surface area contributed by atoms with Crippen LogP contribution < -0.4 is 0 Å². The van der Waals surface area contributed by atoms with Gasteiger partial charge >= 0.3 is 0 Å². The Morgan fingerprint density at radius 2 is 1.52 bits per heavy atom. The van der Waals surface area contributed by atoms with Gasteiger partial charge in [-0.05, 0) is 18.2 Å². The van der Waals surface area contributed by atoms with Gasteiger partial charge in [-0.2, -0.15) is 0 Å². The molecule has 3 rings (SSSR count). The van der Waals surface area contributed by atoms with Gasteiger partial charge in [0.25, 0.3) is 0 Å². The fraction of sp³-hybridized carbons (Fsp3) is 0.200. The number of ketones is 1. The minimum absolute atomic E-state index is 0.0396. The van der Waals surface area contributed by atoms with E-state index in [2.05, 4.69) is 35.3 Å². The molecule has 8 nitrogen and oxygen atoms in total. The summed E-state index contributed by atoms with van der Waals surface area (Å²) in [5.74, 6) is 0.823. The predicted molar refractivity (Wildman–Crippen MR) is 81.0 cm³/mol. The Morgan fingerprint density at radius 1 is 0.870 bits per heavy atom. The molecule has 0 N–H and O–H groups in total. The number of carbonyl (C=O) groups excluding carboxylic acids is 1. The minimum atomic E-state index is -0.0765. The third-order valence-corrected chi connectivity index (χ3v) is 3.05. The van der Waals surface area contributed by atoms with Crippen molar-refractivity contribution in [1.29, 1.82) is 0 Å². The maximum Gasteiger partial charge on any atom is 0.240 e. The topological polar surface area (TPSA) is 107 Å². The number of rotatable bonds is 4. The molecule has 3 aromatic rings. The van der Waals surface area contributed by atoms with Gasteiger partial charge in [0.05, 0.1) is 0 Å². The van der Waals surface area contributed by atoms with E-state index in [0.29, 0.717) is 17.1 Å². The average molecular weight is 307 g/mol. The van der Waals surface area contributed by atoms with Crippen molar-refractivity contribution in [1.82, 2.24) is 35.3 Å². The summed E-state index contributed by atoms with van der Waals surface area (Å²) in [6, 6.07) is 5.07. The second-order valence-electron chi connectivity index (χ2n) is 5.07. The number of carbonyl (C=O) groups is 1. The zero-order valence-electron chi connectivity index (χ0n) is 12.6. The Hall–Kier alpha value is -3.16. The molecule has 0 unspecified atom stereocenters. The standard InChI is InChI=1S/C15H13N7O/c1-9(2)12(23)10-4-5-11(18-8-10)13-19-21-15(22-20-13)14-16-6-3-7-17-14/h3-9H,1-2H3. The summed E-state index contributed by atoms with van der Waals surface area (Å²) in [6.07, 6.45) is 4.69. The molecule has 0 aromatic carbocycles. The summed E-state index contributed by atoms with van der Waals surface area (Å²) in [5, 5.41) is 15.9. The number of hydrogen-bond donors (Lipinski definition) is 0. The molecular formula is C15H13N7O. The van der Waals surface area contributed by atoms with Gasteiger partial charge in [0.15, 0.2) is 5.78 Å². The van der Waals surface area contributed by atoms with Gasteiger partial charge in [-0.25, -0.2) is 9.97 Å². The Kier molecular flexibility index (Phi) is 4.05. The van der Waals surface area contributed by atoms with Crippen LogP contribution in [0.25, 0.3) is 23.2 Å². The third kappa shape index (κ3) is 3.20. The van der Waals surface area contributed by atoms with Crippen molar-refractivity contribution >= 4 is 5.78 Å². The Labute approximate surface area is 132 Å². The van der Waals surface area contributed by atoms with Crippen LogP contribution in [0.5, 0.6) is 0 Å². The van der Waals surface area contributed by atoms with E-state index in [-0.39, 0.29) is 23.3 Å². The lowest BCUT2D eigenvalue weighted by Crippen LogP contribution is -2.08. The smallest absolute Gasteiger partial charge is 0.240 e. The second-order valence-corrected chi connectivity index (χ2v) is 5.07. The third-order valence-electron chi connectivity index (χ3n) is 3.05. The number of hydrogen-bond acceptors (Lipinski definition) is 8. The molecule has 0 aliphatic rings. The molecule has 8 heteroatoms. The molecule has 114 valence electrons. The molecule has 0 amide bonds. The molecule has 0 saturated heterocycles. The van der Waals surface area contributed by atoms with Crippen molar-refractivity contribution in [3.63, 3.8) is 0 Å². The first kappa shape index (κ1) is 14.8. The van der Waals surface area contributed by atoms with Crippen LogP contribution in [0.2, 0.25) is 0 Å². The van der Waals surface area contributed by atoms with Gasteiger partial charge in [0.1, 0.15) is 5.69 Å². The van der Waals surface area contributed by atoms with Gasteiger partial charge in [-0.1, -0.05) is 13.8 Å². The SMILES string of the molecule is CC(C)C(=O)c1ccc(-c2nnc(-c3ncccn3)nn2)nc1. The van der Waals surface area contributed by atoms with Crippen molar-refractivity contribution < 1.29 is 4.79 Å². The lowest BCUT2D eigenvalue weighted by atomic mass is 10.0. The van der Waals surface area contributed by atoms with Gasteiger partial charge < -0.3 is 0 Å². The largest absolute Gasteiger partial charge is 0.294 e. The van der Waals surface area contributed by atoms with Crippen LogP contribution in [0.1, 0.15) is 24.2 Å². The monoisotopic (exact) mass is 307 g/mol. The van der Waals surface area contributed by atoms with Crippen LogP contribution in [-0.2, 0) is 0 Å². The Morgan fingerprint density at radius 3 is 2.09 bits per heavy atom. The average Bonchev–Trinajstić information content (AvgIpc) is 2.62. The van der Waals surface area contributed by atoms with Gasteiger partial charge in [0, 0.05) is 30.1 Å². The molecule has 0 fully saturated rings. The first-order valence-corrected chi connectivity index (χ1v) is 7.00. The van der Waals surface area contributed by atoms with Gasteiger partial charge in [-0.15, -0.1) is 20.4 Å². The van der Waals surface area contributed by atoms with Crippen LogP contribution in [-0.4, -0.2) is 41.1 Å². The first-order chi connectivity index (χ1) is 11.1. The lowest BCUT2D eigenvalue weighted by Gasteiger charge is -2.04. The number of pyridine rings is 1. The van der Waals surface area contributed by atoms with E-state index in [4.69, 9.17) is 0 Å². The van der Waals surface area contributed by atoms with Crippen LogP contribution in [0.4, 0.5) is 0 Å². The fourth-order valence-electron chi connectivity index (χ4n) is 1.84. The zero-order chi connectivity index (χ0) is 16.2. The van der Waals surface area contributed by atoms with Crippen molar-refractivity contribution in [3.8, 4) is 23.2 Å². The summed E-state index contributed by atoms with van der Waals surface area (Å²) in [7, 11) is 0. The Bertz CT molecular complexity index is 801. The van der Waals surface area contributed by atoms with E-state index < -0.39 is 0 Å². The van der Waals surface area contributed by atoms with Gasteiger partial charge in [-0.3, -0.25) is 9.78 Å². The highest BCUT2D eigenvalue weighted by atomic mass is 16.1. The van der Waals surface area contributed by atoms with E-state index in [0.717, 1.165) is 0 Å². The minimum Gasteiger partial charge on any atom is -0.294 e. The van der Waals surface area contributed by atoms with E-state index in [9.17, 15) is 4.79 Å². The lowest BCUT2D eigenvalue weighted by molar-refractivity contribution is 0.0939. The molecule has 0 spiro atoms. The van der Waals surface area contributed by atoms with Crippen LogP contribution in [0.15, 0.2) is 36.8 Å². The zero-order valence-corrected chi connectivity index (χ0v) is 12.6. The molecule has 0 aliphatic carbocycles. The summed E-state index contributed by atoms with van der Waals surface area (Å²) < 4.78 is 0. The summed E-state index contributed by atoms with van der Waals surface area (Å²) >= 11 is 0. The first-order valence-electron chi connectivity index (χ1n) is 7.00. The summed E-state index contributed by atoms with van der Waals surface area (Å²) in [6.45, 7) is 3.69. The molecule has 0 radical (unpaired) electrons.